The number of halogens is 1. The van der Waals surface area contributed by atoms with Crippen molar-refractivity contribution in [3.63, 3.8) is 0 Å². The number of amides is 1. The molecule has 2 aromatic rings. The first kappa shape index (κ1) is 14.0. The maximum Gasteiger partial charge on any atom is 0.258 e. The van der Waals surface area contributed by atoms with Gasteiger partial charge in [-0.2, -0.15) is 0 Å². The summed E-state index contributed by atoms with van der Waals surface area (Å²) in [4.78, 5) is 11.9. The monoisotopic (exact) mass is 274 g/mol. The van der Waals surface area contributed by atoms with E-state index in [9.17, 15) is 9.18 Å². The highest BCUT2D eigenvalue weighted by atomic mass is 19.1. The van der Waals surface area contributed by atoms with Gasteiger partial charge in [0.2, 0.25) is 0 Å². The zero-order chi connectivity index (χ0) is 14.5. The summed E-state index contributed by atoms with van der Waals surface area (Å²) < 4.78 is 13.5. The second-order valence-corrected chi connectivity index (χ2v) is 4.35. The molecule has 0 saturated heterocycles. The lowest BCUT2D eigenvalue weighted by molar-refractivity contribution is 0.102. The second kappa shape index (κ2) is 6.16. The fraction of sp³-hybridized carbons (Fsp3) is 0.133. The van der Waals surface area contributed by atoms with E-state index in [-0.39, 0.29) is 11.3 Å². The van der Waals surface area contributed by atoms with Gasteiger partial charge in [-0.25, -0.2) is 4.39 Å². The summed E-state index contributed by atoms with van der Waals surface area (Å²) in [6.07, 6.45) is 0.765. The van der Waals surface area contributed by atoms with E-state index in [0.717, 1.165) is 18.1 Å². The lowest BCUT2D eigenvalue weighted by Gasteiger charge is -2.07. The number of aromatic hydroxyl groups is 1. The van der Waals surface area contributed by atoms with Gasteiger partial charge in [0.05, 0.1) is 5.56 Å². The number of carbonyl (C=O) groups is 1. The van der Waals surface area contributed by atoms with Crippen molar-refractivity contribution < 1.29 is 14.3 Å². The van der Waals surface area contributed by atoms with Crippen molar-refractivity contribution >= 4 is 11.6 Å². The molecular weight excluding hydrogens is 259 g/mol. The smallest absolute Gasteiger partial charge is 0.258 e. The molecule has 20 heavy (non-hydrogen) atoms. The van der Waals surface area contributed by atoms with Crippen LogP contribution in [-0.2, 0) is 6.42 Å². The van der Waals surface area contributed by atoms with Crippen molar-refractivity contribution in [3.05, 3.63) is 59.4 Å². The topological polar surface area (TPSA) is 75.3 Å². The predicted molar refractivity (Wildman–Crippen MR) is 75.2 cm³/mol. The van der Waals surface area contributed by atoms with Crippen LogP contribution >= 0.6 is 0 Å². The first-order valence-electron chi connectivity index (χ1n) is 6.19. The molecule has 2 rings (SSSR count). The Morgan fingerprint density at radius 1 is 1.20 bits per heavy atom. The largest absolute Gasteiger partial charge is 0.508 e. The van der Waals surface area contributed by atoms with Crippen LogP contribution in [0.2, 0.25) is 0 Å². The lowest BCUT2D eigenvalue weighted by atomic mass is 10.1. The summed E-state index contributed by atoms with van der Waals surface area (Å²) in [5.41, 5.74) is 6.98. The number of rotatable bonds is 4. The van der Waals surface area contributed by atoms with Crippen molar-refractivity contribution in [2.24, 2.45) is 5.73 Å². The Labute approximate surface area is 116 Å². The van der Waals surface area contributed by atoms with Gasteiger partial charge in [-0.05, 0) is 42.8 Å². The fourth-order valence-electron chi connectivity index (χ4n) is 1.81. The molecule has 0 aliphatic rings. The summed E-state index contributed by atoms with van der Waals surface area (Å²) in [6, 6.07) is 10.6. The van der Waals surface area contributed by atoms with Gasteiger partial charge in [0.25, 0.3) is 5.91 Å². The Balaban J connectivity index is 2.11. The molecule has 4 N–H and O–H groups in total. The molecule has 0 unspecified atom stereocenters. The standard InChI is InChI=1S/C15H15FN2O2/c16-14-9-12(19)5-6-13(14)15(20)18-11-3-1-10(2-4-11)7-8-17/h1-6,9,19H,7-8,17H2,(H,18,20). The molecule has 0 atom stereocenters. The second-order valence-electron chi connectivity index (χ2n) is 4.35. The van der Waals surface area contributed by atoms with Crippen LogP contribution in [0.5, 0.6) is 5.75 Å². The van der Waals surface area contributed by atoms with Crippen LogP contribution in [0.25, 0.3) is 0 Å². The highest BCUT2D eigenvalue weighted by Gasteiger charge is 2.12. The predicted octanol–water partition coefficient (Wildman–Crippen LogP) is 2.28. The van der Waals surface area contributed by atoms with Crippen LogP contribution in [0.15, 0.2) is 42.5 Å². The number of anilines is 1. The zero-order valence-corrected chi connectivity index (χ0v) is 10.8. The number of nitrogens with one attached hydrogen (secondary N) is 1. The normalized spacial score (nSPS) is 10.3. The minimum Gasteiger partial charge on any atom is -0.508 e. The number of benzene rings is 2. The van der Waals surface area contributed by atoms with Gasteiger partial charge in [-0.3, -0.25) is 4.79 Å². The molecule has 5 heteroatoms. The number of hydrogen-bond acceptors (Lipinski definition) is 3. The number of phenolic OH excluding ortho intramolecular Hbond substituents is 1. The van der Waals surface area contributed by atoms with Gasteiger partial charge >= 0.3 is 0 Å². The average molecular weight is 274 g/mol. The Hall–Kier alpha value is -2.40. The molecule has 0 bridgehead atoms. The van der Waals surface area contributed by atoms with Crippen molar-refractivity contribution in [2.45, 2.75) is 6.42 Å². The van der Waals surface area contributed by atoms with E-state index in [4.69, 9.17) is 10.8 Å². The number of carbonyl (C=O) groups excluding carboxylic acids is 1. The molecular formula is C15H15FN2O2. The van der Waals surface area contributed by atoms with Gasteiger partial charge in [0.15, 0.2) is 0 Å². The molecule has 0 heterocycles. The first-order valence-corrected chi connectivity index (χ1v) is 6.19. The molecule has 0 aliphatic carbocycles. The van der Waals surface area contributed by atoms with Crippen LogP contribution in [0, 0.1) is 5.82 Å². The van der Waals surface area contributed by atoms with E-state index < -0.39 is 11.7 Å². The molecule has 0 spiro atoms. The molecule has 0 aliphatic heterocycles. The van der Waals surface area contributed by atoms with Gasteiger partial charge in [0, 0.05) is 11.8 Å². The zero-order valence-electron chi connectivity index (χ0n) is 10.8. The van der Waals surface area contributed by atoms with E-state index >= 15 is 0 Å². The first-order chi connectivity index (χ1) is 9.60. The maximum atomic E-state index is 13.5. The number of phenols is 1. The van der Waals surface area contributed by atoms with Crippen molar-refractivity contribution in [2.75, 3.05) is 11.9 Å². The number of nitrogens with two attached hydrogens (primary N) is 1. The summed E-state index contributed by atoms with van der Waals surface area (Å²) in [6.45, 7) is 0.560. The van der Waals surface area contributed by atoms with Crippen molar-refractivity contribution in [1.29, 1.82) is 0 Å². The molecule has 0 saturated carbocycles. The summed E-state index contributed by atoms with van der Waals surface area (Å²) in [5.74, 6) is -1.54. The van der Waals surface area contributed by atoms with E-state index in [0.29, 0.717) is 12.2 Å². The molecule has 0 aromatic heterocycles. The lowest BCUT2D eigenvalue weighted by Crippen LogP contribution is -2.13. The number of hydrogen-bond donors (Lipinski definition) is 3. The molecule has 0 fully saturated rings. The Bertz CT molecular complexity index is 612. The van der Waals surface area contributed by atoms with E-state index in [2.05, 4.69) is 5.32 Å². The molecule has 0 radical (unpaired) electrons. The molecule has 4 nitrogen and oxygen atoms in total. The summed E-state index contributed by atoms with van der Waals surface area (Å²) in [7, 11) is 0. The average Bonchev–Trinajstić information content (AvgIpc) is 2.41. The third kappa shape index (κ3) is 3.33. The van der Waals surface area contributed by atoms with E-state index in [1.807, 2.05) is 12.1 Å². The Kier molecular flexibility index (Phi) is 4.32. The third-order valence-electron chi connectivity index (χ3n) is 2.84. The van der Waals surface area contributed by atoms with Crippen LogP contribution in [0.1, 0.15) is 15.9 Å². The van der Waals surface area contributed by atoms with Crippen LogP contribution < -0.4 is 11.1 Å². The van der Waals surface area contributed by atoms with E-state index in [1.54, 1.807) is 12.1 Å². The highest BCUT2D eigenvalue weighted by Crippen LogP contribution is 2.17. The van der Waals surface area contributed by atoms with Crippen molar-refractivity contribution in [3.8, 4) is 5.75 Å². The van der Waals surface area contributed by atoms with Crippen LogP contribution in [-0.4, -0.2) is 17.6 Å². The Morgan fingerprint density at radius 2 is 1.90 bits per heavy atom. The third-order valence-corrected chi connectivity index (χ3v) is 2.84. The molecule has 1 amide bonds. The van der Waals surface area contributed by atoms with Gasteiger partial charge < -0.3 is 16.2 Å². The van der Waals surface area contributed by atoms with Gasteiger partial charge in [0.1, 0.15) is 11.6 Å². The van der Waals surface area contributed by atoms with E-state index in [1.165, 1.54) is 12.1 Å². The summed E-state index contributed by atoms with van der Waals surface area (Å²) in [5, 5.41) is 11.7. The quantitative estimate of drug-likeness (QED) is 0.800. The van der Waals surface area contributed by atoms with Gasteiger partial charge in [-0.15, -0.1) is 0 Å². The highest BCUT2D eigenvalue weighted by molar-refractivity contribution is 6.04. The SMILES string of the molecule is NCCc1ccc(NC(=O)c2ccc(O)cc2F)cc1. The van der Waals surface area contributed by atoms with Crippen LogP contribution in [0.4, 0.5) is 10.1 Å². The molecule has 104 valence electrons. The maximum absolute atomic E-state index is 13.5. The van der Waals surface area contributed by atoms with Crippen molar-refractivity contribution in [1.82, 2.24) is 0 Å². The van der Waals surface area contributed by atoms with Crippen LogP contribution in [0.3, 0.4) is 0 Å². The summed E-state index contributed by atoms with van der Waals surface area (Å²) >= 11 is 0. The minimum absolute atomic E-state index is 0.117. The fourth-order valence-corrected chi connectivity index (χ4v) is 1.81. The minimum atomic E-state index is -0.762. The molecule has 2 aromatic carbocycles. The van der Waals surface area contributed by atoms with Gasteiger partial charge in [-0.1, -0.05) is 12.1 Å². The Morgan fingerprint density at radius 3 is 2.50 bits per heavy atom.